The number of benzene rings is 2. The van der Waals surface area contributed by atoms with Gasteiger partial charge in [0.25, 0.3) is 0 Å². The summed E-state index contributed by atoms with van der Waals surface area (Å²) >= 11 is 0. The fourth-order valence-corrected chi connectivity index (χ4v) is 1.74. The van der Waals surface area contributed by atoms with Gasteiger partial charge in [-0.25, -0.2) is 4.79 Å². The van der Waals surface area contributed by atoms with E-state index < -0.39 is 5.97 Å². The van der Waals surface area contributed by atoms with Crippen molar-refractivity contribution in [1.82, 2.24) is 0 Å². The summed E-state index contributed by atoms with van der Waals surface area (Å²) < 4.78 is 10.5. The van der Waals surface area contributed by atoms with E-state index in [-0.39, 0.29) is 0 Å². The van der Waals surface area contributed by atoms with Gasteiger partial charge in [-0.15, -0.1) is 0 Å². The summed E-state index contributed by atoms with van der Waals surface area (Å²) in [4.78, 5) is 10.8. The normalized spacial score (nSPS) is 10.1. The third kappa shape index (κ3) is 3.85. The van der Waals surface area contributed by atoms with Crippen LogP contribution in [-0.2, 0) is 9.53 Å². The van der Waals surface area contributed by atoms with Gasteiger partial charge < -0.3 is 9.47 Å². The van der Waals surface area contributed by atoms with E-state index in [1.165, 1.54) is 5.39 Å². The number of hydrogen-bond donors (Lipinski definition) is 0. The summed E-state index contributed by atoms with van der Waals surface area (Å²) in [6, 6.07) is 14.1. The maximum absolute atomic E-state index is 10.8. The molecule has 2 aromatic rings. The number of rotatable bonds is 6. The smallest absolute Gasteiger partial charge is 0.330 e. The van der Waals surface area contributed by atoms with Gasteiger partial charge in [0.15, 0.2) is 0 Å². The predicted octanol–water partition coefficient (Wildman–Crippen LogP) is 3.34. The van der Waals surface area contributed by atoms with Crippen molar-refractivity contribution in [2.45, 2.75) is 6.42 Å². The van der Waals surface area contributed by atoms with Gasteiger partial charge in [0.05, 0.1) is 13.2 Å². The fourth-order valence-electron chi connectivity index (χ4n) is 1.74. The minimum absolute atomic E-state index is 0.346. The molecule has 3 heteroatoms. The Bertz CT molecular complexity index is 575. The zero-order chi connectivity index (χ0) is 13.5. The van der Waals surface area contributed by atoms with Gasteiger partial charge in [-0.05, 0) is 22.9 Å². The lowest BCUT2D eigenvalue weighted by Gasteiger charge is -2.07. The molecular formula is C16H16O3. The molecule has 0 radical (unpaired) electrons. The van der Waals surface area contributed by atoms with Crippen LogP contribution in [-0.4, -0.2) is 19.2 Å². The first-order chi connectivity index (χ1) is 9.29. The lowest BCUT2D eigenvalue weighted by molar-refractivity contribution is -0.137. The van der Waals surface area contributed by atoms with Crippen LogP contribution in [0.3, 0.4) is 0 Å². The van der Waals surface area contributed by atoms with Crippen LogP contribution in [0.5, 0.6) is 5.75 Å². The standard InChI is InChI=1S/C16H16O3/c1-2-16(17)19-11-5-10-18-15-9-8-13-6-3-4-7-14(13)12-15/h2-4,6-9,12H,1,5,10-11H2. The molecule has 0 N–H and O–H groups in total. The average molecular weight is 256 g/mol. The SMILES string of the molecule is C=CC(=O)OCCCOc1ccc2ccccc2c1. The van der Waals surface area contributed by atoms with Crippen molar-refractivity contribution in [3.05, 3.63) is 55.1 Å². The van der Waals surface area contributed by atoms with Gasteiger partial charge in [0.1, 0.15) is 5.75 Å². The summed E-state index contributed by atoms with van der Waals surface area (Å²) in [5.41, 5.74) is 0. The van der Waals surface area contributed by atoms with E-state index in [2.05, 4.69) is 12.6 Å². The molecule has 0 fully saturated rings. The van der Waals surface area contributed by atoms with E-state index in [1.807, 2.05) is 36.4 Å². The van der Waals surface area contributed by atoms with Gasteiger partial charge in [-0.3, -0.25) is 0 Å². The molecule has 0 saturated heterocycles. The van der Waals surface area contributed by atoms with Crippen LogP contribution < -0.4 is 4.74 Å². The van der Waals surface area contributed by atoms with Crippen LogP contribution >= 0.6 is 0 Å². The molecule has 0 heterocycles. The van der Waals surface area contributed by atoms with Crippen LogP contribution in [0.15, 0.2) is 55.1 Å². The quantitative estimate of drug-likeness (QED) is 0.452. The molecule has 3 nitrogen and oxygen atoms in total. The largest absolute Gasteiger partial charge is 0.493 e. The Kier molecular flexibility index (Phi) is 4.56. The number of hydrogen-bond acceptors (Lipinski definition) is 3. The fraction of sp³-hybridized carbons (Fsp3) is 0.188. The molecular weight excluding hydrogens is 240 g/mol. The van der Waals surface area contributed by atoms with Crippen molar-refractivity contribution in [1.29, 1.82) is 0 Å². The van der Waals surface area contributed by atoms with Crippen molar-refractivity contribution in [3.8, 4) is 5.75 Å². The first-order valence-corrected chi connectivity index (χ1v) is 6.20. The van der Waals surface area contributed by atoms with E-state index in [4.69, 9.17) is 9.47 Å². The lowest BCUT2D eigenvalue weighted by atomic mass is 10.1. The Hall–Kier alpha value is -2.29. The lowest BCUT2D eigenvalue weighted by Crippen LogP contribution is -2.06. The molecule has 0 unspecified atom stereocenters. The third-order valence-corrected chi connectivity index (χ3v) is 2.69. The predicted molar refractivity (Wildman–Crippen MR) is 75.2 cm³/mol. The zero-order valence-corrected chi connectivity index (χ0v) is 10.7. The summed E-state index contributed by atoms with van der Waals surface area (Å²) in [6.07, 6.45) is 1.82. The highest BCUT2D eigenvalue weighted by atomic mass is 16.5. The van der Waals surface area contributed by atoms with Crippen molar-refractivity contribution in [2.75, 3.05) is 13.2 Å². The highest BCUT2D eigenvalue weighted by Crippen LogP contribution is 2.20. The molecule has 0 spiro atoms. The molecule has 0 saturated carbocycles. The Balaban J connectivity index is 1.81. The number of fused-ring (bicyclic) bond motifs is 1. The van der Waals surface area contributed by atoms with Gasteiger partial charge >= 0.3 is 5.97 Å². The van der Waals surface area contributed by atoms with Gasteiger partial charge in [-0.2, -0.15) is 0 Å². The number of carbonyl (C=O) groups is 1. The van der Waals surface area contributed by atoms with Crippen LogP contribution in [0.4, 0.5) is 0 Å². The molecule has 98 valence electrons. The van der Waals surface area contributed by atoms with Gasteiger partial charge in [0, 0.05) is 12.5 Å². The third-order valence-electron chi connectivity index (χ3n) is 2.69. The second-order valence-electron chi connectivity index (χ2n) is 4.08. The highest BCUT2D eigenvalue weighted by Gasteiger charge is 1.98. The van der Waals surface area contributed by atoms with Crippen molar-refractivity contribution in [2.24, 2.45) is 0 Å². The number of esters is 1. The number of carbonyl (C=O) groups excluding carboxylic acids is 1. The Morgan fingerprint density at radius 3 is 2.68 bits per heavy atom. The second kappa shape index (κ2) is 6.59. The van der Waals surface area contributed by atoms with Crippen molar-refractivity contribution in [3.63, 3.8) is 0 Å². The monoisotopic (exact) mass is 256 g/mol. The Morgan fingerprint density at radius 1 is 1.11 bits per heavy atom. The minimum Gasteiger partial charge on any atom is -0.493 e. The van der Waals surface area contributed by atoms with Crippen molar-refractivity contribution >= 4 is 16.7 Å². The van der Waals surface area contributed by atoms with Gasteiger partial charge in [-0.1, -0.05) is 36.9 Å². The van der Waals surface area contributed by atoms with E-state index in [1.54, 1.807) is 0 Å². The van der Waals surface area contributed by atoms with E-state index >= 15 is 0 Å². The Labute approximate surface area is 112 Å². The molecule has 0 atom stereocenters. The molecule has 0 aliphatic heterocycles. The van der Waals surface area contributed by atoms with Crippen LogP contribution in [0.1, 0.15) is 6.42 Å². The minimum atomic E-state index is -0.397. The first kappa shape index (κ1) is 13.1. The molecule has 0 aliphatic carbocycles. The van der Waals surface area contributed by atoms with Crippen LogP contribution in [0.2, 0.25) is 0 Å². The topological polar surface area (TPSA) is 35.5 Å². The molecule has 2 rings (SSSR count). The van der Waals surface area contributed by atoms with Gasteiger partial charge in [0.2, 0.25) is 0 Å². The highest BCUT2D eigenvalue weighted by molar-refractivity contribution is 5.83. The summed E-state index contributed by atoms with van der Waals surface area (Å²) in [5.74, 6) is 0.430. The first-order valence-electron chi connectivity index (χ1n) is 6.20. The Morgan fingerprint density at radius 2 is 1.89 bits per heavy atom. The van der Waals surface area contributed by atoms with Crippen LogP contribution in [0.25, 0.3) is 10.8 Å². The van der Waals surface area contributed by atoms with Crippen LogP contribution in [0, 0.1) is 0 Å². The molecule has 0 aromatic heterocycles. The molecule has 0 aliphatic rings. The molecule has 19 heavy (non-hydrogen) atoms. The van der Waals surface area contributed by atoms with E-state index in [0.29, 0.717) is 19.6 Å². The number of ether oxygens (including phenoxy) is 2. The second-order valence-corrected chi connectivity index (χ2v) is 4.08. The summed E-state index contributed by atoms with van der Waals surface area (Å²) in [5, 5.41) is 2.34. The maximum atomic E-state index is 10.8. The summed E-state index contributed by atoms with van der Waals surface area (Å²) in [6.45, 7) is 4.19. The van der Waals surface area contributed by atoms with Crippen molar-refractivity contribution < 1.29 is 14.3 Å². The van der Waals surface area contributed by atoms with E-state index in [9.17, 15) is 4.79 Å². The average Bonchev–Trinajstić information content (AvgIpc) is 2.46. The zero-order valence-electron chi connectivity index (χ0n) is 10.7. The molecule has 0 bridgehead atoms. The summed E-state index contributed by atoms with van der Waals surface area (Å²) in [7, 11) is 0. The maximum Gasteiger partial charge on any atom is 0.330 e. The van der Waals surface area contributed by atoms with E-state index in [0.717, 1.165) is 17.2 Å². The molecule has 0 amide bonds. The molecule has 2 aromatic carbocycles.